The lowest BCUT2D eigenvalue weighted by Gasteiger charge is -2.07. The van der Waals surface area contributed by atoms with Gasteiger partial charge >= 0.3 is 0 Å². The van der Waals surface area contributed by atoms with Gasteiger partial charge in [0.2, 0.25) is 0 Å². The molecule has 0 spiro atoms. The van der Waals surface area contributed by atoms with E-state index in [1.165, 1.54) is 6.26 Å². The van der Waals surface area contributed by atoms with Crippen LogP contribution in [0.5, 0.6) is 0 Å². The Balaban J connectivity index is 2.17. The van der Waals surface area contributed by atoms with Crippen LogP contribution in [0.4, 0.5) is 0 Å². The van der Waals surface area contributed by atoms with E-state index in [2.05, 4.69) is 5.32 Å². The van der Waals surface area contributed by atoms with Gasteiger partial charge in [-0.2, -0.15) is 0 Å². The maximum absolute atomic E-state index is 11.4. The molecule has 2 rings (SSSR count). The highest BCUT2D eigenvalue weighted by molar-refractivity contribution is 7.99. The van der Waals surface area contributed by atoms with Crippen molar-refractivity contribution in [1.29, 1.82) is 0 Å². The van der Waals surface area contributed by atoms with Crippen LogP contribution in [-0.4, -0.2) is 21.7 Å². The number of rotatable bonds is 5. The van der Waals surface area contributed by atoms with E-state index in [0.717, 1.165) is 26.9 Å². The van der Waals surface area contributed by atoms with Crippen LogP contribution in [-0.2, 0) is 16.4 Å². The van der Waals surface area contributed by atoms with Crippen molar-refractivity contribution in [2.45, 2.75) is 21.2 Å². The fourth-order valence-corrected chi connectivity index (χ4v) is 3.62. The highest BCUT2D eigenvalue weighted by Crippen LogP contribution is 2.31. The zero-order valence-electron chi connectivity index (χ0n) is 11.8. The zero-order chi connectivity index (χ0) is 15.5. The Bertz CT molecular complexity index is 728. The van der Waals surface area contributed by atoms with Gasteiger partial charge in [0.25, 0.3) is 0 Å². The average molecular weight is 342 g/mol. The molecular weight excluding hydrogens is 326 g/mol. The van der Waals surface area contributed by atoms with Crippen LogP contribution in [0.1, 0.15) is 5.56 Å². The first-order valence-corrected chi connectivity index (χ1v) is 9.40. The molecule has 3 nitrogen and oxygen atoms in total. The first-order chi connectivity index (χ1) is 9.90. The molecule has 0 atom stereocenters. The molecule has 0 unspecified atom stereocenters. The van der Waals surface area contributed by atoms with E-state index in [0.29, 0.717) is 4.90 Å². The monoisotopic (exact) mass is 341 g/mol. The van der Waals surface area contributed by atoms with Crippen molar-refractivity contribution in [2.75, 3.05) is 13.3 Å². The van der Waals surface area contributed by atoms with E-state index in [1.807, 2.05) is 25.2 Å². The molecule has 2 aromatic rings. The van der Waals surface area contributed by atoms with Crippen LogP contribution in [0.25, 0.3) is 0 Å². The first-order valence-electron chi connectivity index (χ1n) is 6.31. The van der Waals surface area contributed by atoms with Crippen LogP contribution in [0.15, 0.2) is 57.2 Å². The van der Waals surface area contributed by atoms with Gasteiger partial charge in [-0.25, -0.2) is 8.42 Å². The Morgan fingerprint density at radius 3 is 2.24 bits per heavy atom. The quantitative estimate of drug-likeness (QED) is 0.902. The van der Waals surface area contributed by atoms with Gasteiger partial charge in [-0.3, -0.25) is 0 Å². The summed E-state index contributed by atoms with van der Waals surface area (Å²) in [6, 6.07) is 12.8. The molecular formula is C15H16ClNO2S2. The van der Waals surface area contributed by atoms with Crippen LogP contribution < -0.4 is 5.32 Å². The molecule has 0 aliphatic heterocycles. The largest absolute Gasteiger partial charge is 0.316 e. The fraction of sp³-hybridized carbons (Fsp3) is 0.200. The Kier molecular flexibility index (Phi) is 5.32. The Labute approximate surface area is 134 Å². The number of sulfone groups is 1. The van der Waals surface area contributed by atoms with Crippen LogP contribution in [0.3, 0.4) is 0 Å². The Morgan fingerprint density at radius 2 is 1.71 bits per heavy atom. The minimum Gasteiger partial charge on any atom is -0.316 e. The maximum Gasteiger partial charge on any atom is 0.175 e. The number of hydrogen-bond acceptors (Lipinski definition) is 4. The van der Waals surface area contributed by atoms with E-state index in [4.69, 9.17) is 11.6 Å². The topological polar surface area (TPSA) is 46.2 Å². The van der Waals surface area contributed by atoms with Gasteiger partial charge in [0.1, 0.15) is 0 Å². The van der Waals surface area contributed by atoms with Gasteiger partial charge in [-0.05, 0) is 49.0 Å². The Hall–Kier alpha value is -1.01. The van der Waals surface area contributed by atoms with Gasteiger partial charge in [-0.1, -0.05) is 29.4 Å². The maximum atomic E-state index is 11.4. The summed E-state index contributed by atoms with van der Waals surface area (Å²) in [6.45, 7) is 0.729. The molecule has 1 N–H and O–H groups in total. The van der Waals surface area contributed by atoms with Crippen molar-refractivity contribution in [3.8, 4) is 0 Å². The lowest BCUT2D eigenvalue weighted by Crippen LogP contribution is -2.05. The van der Waals surface area contributed by atoms with Gasteiger partial charge in [0, 0.05) is 27.6 Å². The lowest BCUT2D eigenvalue weighted by molar-refractivity contribution is 0.602. The van der Waals surface area contributed by atoms with Gasteiger partial charge < -0.3 is 5.32 Å². The summed E-state index contributed by atoms with van der Waals surface area (Å²) in [4.78, 5) is 2.32. The minimum absolute atomic E-state index is 0.328. The third kappa shape index (κ3) is 4.48. The Morgan fingerprint density at radius 1 is 1.10 bits per heavy atom. The second-order valence-electron chi connectivity index (χ2n) is 4.63. The van der Waals surface area contributed by atoms with Gasteiger partial charge in [0.15, 0.2) is 9.84 Å². The number of nitrogens with one attached hydrogen (secondary N) is 1. The standard InChI is InChI=1S/C15H16ClNO2S2/c1-17-10-11-3-4-13(9-15(11)16)20-12-5-7-14(8-6-12)21(2,18)19/h3-9,17H,10H2,1-2H3. The van der Waals surface area contributed by atoms with E-state index < -0.39 is 9.84 Å². The van der Waals surface area contributed by atoms with Crippen molar-refractivity contribution < 1.29 is 8.42 Å². The number of benzene rings is 2. The van der Waals surface area contributed by atoms with Crippen molar-refractivity contribution in [1.82, 2.24) is 5.32 Å². The molecule has 21 heavy (non-hydrogen) atoms. The number of hydrogen-bond donors (Lipinski definition) is 1. The summed E-state index contributed by atoms with van der Waals surface area (Å²) in [5.74, 6) is 0. The van der Waals surface area contributed by atoms with E-state index >= 15 is 0 Å². The van der Waals surface area contributed by atoms with E-state index in [9.17, 15) is 8.42 Å². The molecule has 0 amide bonds. The van der Waals surface area contributed by atoms with E-state index in [-0.39, 0.29) is 0 Å². The summed E-state index contributed by atoms with van der Waals surface area (Å²) in [6.07, 6.45) is 1.20. The second-order valence-corrected chi connectivity index (χ2v) is 8.20. The zero-order valence-corrected chi connectivity index (χ0v) is 14.1. The van der Waals surface area contributed by atoms with Crippen LogP contribution in [0, 0.1) is 0 Å². The SMILES string of the molecule is CNCc1ccc(Sc2ccc(S(C)(=O)=O)cc2)cc1Cl. The van der Waals surface area contributed by atoms with E-state index in [1.54, 1.807) is 36.0 Å². The molecule has 0 fully saturated rings. The third-order valence-electron chi connectivity index (χ3n) is 2.88. The average Bonchev–Trinajstić information content (AvgIpc) is 2.42. The van der Waals surface area contributed by atoms with Crippen molar-refractivity contribution in [2.24, 2.45) is 0 Å². The summed E-state index contributed by atoms with van der Waals surface area (Å²) in [7, 11) is -1.27. The molecule has 112 valence electrons. The second kappa shape index (κ2) is 6.83. The highest BCUT2D eigenvalue weighted by atomic mass is 35.5. The third-order valence-corrected chi connectivity index (χ3v) is 5.36. The predicted octanol–water partition coefficient (Wildman–Crippen LogP) is 3.61. The van der Waals surface area contributed by atoms with Gasteiger partial charge in [-0.15, -0.1) is 0 Å². The molecule has 0 saturated carbocycles. The summed E-state index contributed by atoms with van der Waals surface area (Å²) < 4.78 is 22.8. The molecule has 0 aromatic heterocycles. The van der Waals surface area contributed by atoms with Crippen molar-refractivity contribution in [3.05, 3.63) is 53.1 Å². The smallest absolute Gasteiger partial charge is 0.175 e. The van der Waals surface area contributed by atoms with Crippen LogP contribution in [0.2, 0.25) is 5.02 Å². The molecule has 0 bridgehead atoms. The lowest BCUT2D eigenvalue weighted by atomic mass is 10.2. The molecule has 0 heterocycles. The van der Waals surface area contributed by atoms with Crippen LogP contribution >= 0.6 is 23.4 Å². The molecule has 0 aliphatic rings. The highest BCUT2D eigenvalue weighted by Gasteiger charge is 2.07. The van der Waals surface area contributed by atoms with Crippen molar-refractivity contribution >= 4 is 33.2 Å². The van der Waals surface area contributed by atoms with Gasteiger partial charge in [0.05, 0.1) is 4.90 Å². The predicted molar refractivity (Wildman–Crippen MR) is 87.9 cm³/mol. The minimum atomic E-state index is -3.15. The molecule has 6 heteroatoms. The molecule has 0 aliphatic carbocycles. The first kappa shape index (κ1) is 16.4. The number of halogens is 1. The normalized spacial score (nSPS) is 11.6. The molecule has 0 radical (unpaired) electrons. The summed E-state index contributed by atoms with van der Waals surface area (Å²) >= 11 is 7.78. The summed E-state index contributed by atoms with van der Waals surface area (Å²) in [5.41, 5.74) is 1.05. The fourth-order valence-electron chi connectivity index (χ4n) is 1.82. The summed E-state index contributed by atoms with van der Waals surface area (Å²) in [5, 5.41) is 3.79. The molecule has 0 saturated heterocycles. The molecule has 2 aromatic carbocycles. The van der Waals surface area contributed by atoms with Crippen molar-refractivity contribution in [3.63, 3.8) is 0 Å².